The number of benzene rings is 6. The molecule has 0 aliphatic heterocycles. The van der Waals surface area contributed by atoms with Crippen LogP contribution < -0.4 is 0 Å². The van der Waals surface area contributed by atoms with Crippen molar-refractivity contribution in [1.82, 2.24) is 9.97 Å². The lowest BCUT2D eigenvalue weighted by Gasteiger charge is -2.22. The molecule has 0 aliphatic carbocycles. The fourth-order valence-corrected chi connectivity index (χ4v) is 7.30. The van der Waals surface area contributed by atoms with Gasteiger partial charge in [0.1, 0.15) is 11.3 Å². The minimum Gasteiger partial charge on any atom is -0.507 e. The summed E-state index contributed by atoms with van der Waals surface area (Å²) < 4.78 is 6.59. The molecule has 0 aliphatic rings. The Morgan fingerprint density at radius 2 is 1.29 bits per heavy atom. The summed E-state index contributed by atoms with van der Waals surface area (Å²) in [5, 5.41) is 14.6. The van der Waals surface area contributed by atoms with Crippen LogP contribution in [0, 0.1) is 6.92 Å². The molecule has 4 nitrogen and oxygen atoms in total. The fourth-order valence-electron chi connectivity index (χ4n) is 7.30. The Labute approximate surface area is 299 Å². The third-order valence-electron chi connectivity index (χ3n) is 9.97. The summed E-state index contributed by atoms with van der Waals surface area (Å²) in [7, 11) is 0. The number of hydrogen-bond donors (Lipinski definition) is 1. The highest BCUT2D eigenvalue weighted by molar-refractivity contribution is 6.03. The van der Waals surface area contributed by atoms with Crippen molar-refractivity contribution in [3.63, 3.8) is 0 Å². The number of pyridine rings is 1. The standard InChI is InChI=1S/C47H42N2O2/c1-28-22-36(43-38(23-28)40(20-21-48-43)47(5,6)7)30-14-10-15-31(24-30)37-25-32(35-17-11-13-29-12-8-9-16-34(29)35)26-42-44(37)49-45(51-42)39-27-33(46(2,3)4)18-19-41(39)50/h8-27,50H,1-7H3. The number of aromatic nitrogens is 2. The van der Waals surface area contributed by atoms with E-state index in [0.29, 0.717) is 17.0 Å². The second-order valence-electron chi connectivity index (χ2n) is 15.8. The van der Waals surface area contributed by atoms with Crippen LogP contribution in [0.15, 0.2) is 126 Å². The molecule has 0 fully saturated rings. The van der Waals surface area contributed by atoms with Crippen LogP contribution in [0.3, 0.4) is 0 Å². The van der Waals surface area contributed by atoms with Crippen LogP contribution in [0.1, 0.15) is 58.2 Å². The molecule has 2 aromatic heterocycles. The summed E-state index contributed by atoms with van der Waals surface area (Å²) in [6.07, 6.45) is 1.93. The Bertz CT molecular complexity index is 2630. The van der Waals surface area contributed by atoms with Gasteiger partial charge in [0, 0.05) is 22.7 Å². The van der Waals surface area contributed by atoms with Crippen molar-refractivity contribution in [2.75, 3.05) is 0 Å². The lowest BCUT2D eigenvalue weighted by molar-refractivity contribution is 0.473. The molecule has 0 bridgehead atoms. The Morgan fingerprint density at radius 1 is 0.569 bits per heavy atom. The molecule has 6 aromatic carbocycles. The zero-order chi connectivity index (χ0) is 35.7. The first-order valence-corrected chi connectivity index (χ1v) is 17.6. The van der Waals surface area contributed by atoms with Crippen molar-refractivity contribution in [2.45, 2.75) is 59.3 Å². The van der Waals surface area contributed by atoms with E-state index in [1.54, 1.807) is 6.07 Å². The van der Waals surface area contributed by atoms with E-state index in [9.17, 15) is 5.11 Å². The van der Waals surface area contributed by atoms with Crippen LogP contribution in [0.2, 0.25) is 0 Å². The van der Waals surface area contributed by atoms with Gasteiger partial charge in [0.2, 0.25) is 5.89 Å². The maximum atomic E-state index is 11.1. The molecule has 0 amide bonds. The van der Waals surface area contributed by atoms with Crippen molar-refractivity contribution in [1.29, 1.82) is 0 Å². The number of nitrogens with zero attached hydrogens (tertiary/aromatic N) is 2. The van der Waals surface area contributed by atoms with E-state index in [2.05, 4.69) is 146 Å². The largest absolute Gasteiger partial charge is 0.507 e. The van der Waals surface area contributed by atoms with Crippen molar-refractivity contribution < 1.29 is 9.52 Å². The predicted molar refractivity (Wildman–Crippen MR) is 212 cm³/mol. The van der Waals surface area contributed by atoms with Crippen molar-refractivity contribution in [3.05, 3.63) is 138 Å². The van der Waals surface area contributed by atoms with Crippen LogP contribution in [-0.2, 0) is 10.8 Å². The highest BCUT2D eigenvalue weighted by Gasteiger charge is 2.23. The quantitative estimate of drug-likeness (QED) is 0.203. The molecular formula is C47H42N2O2. The summed E-state index contributed by atoms with van der Waals surface area (Å²) in [5.41, 5.74) is 12.7. The van der Waals surface area contributed by atoms with Gasteiger partial charge in [0.25, 0.3) is 0 Å². The zero-order valence-electron chi connectivity index (χ0n) is 30.3. The van der Waals surface area contributed by atoms with Gasteiger partial charge in [-0.3, -0.25) is 4.98 Å². The third-order valence-corrected chi connectivity index (χ3v) is 9.97. The summed E-state index contributed by atoms with van der Waals surface area (Å²) in [4.78, 5) is 10.0. The number of rotatable bonds is 4. The summed E-state index contributed by atoms with van der Waals surface area (Å²) in [6, 6.07) is 40.2. The van der Waals surface area contributed by atoms with Crippen LogP contribution in [0.4, 0.5) is 0 Å². The normalized spacial score (nSPS) is 12.3. The number of aromatic hydroxyl groups is 1. The minimum atomic E-state index is -0.107. The molecule has 0 spiro atoms. The second kappa shape index (κ2) is 11.9. The summed E-state index contributed by atoms with van der Waals surface area (Å²) in [6.45, 7) is 15.4. The maximum absolute atomic E-state index is 11.1. The van der Waals surface area contributed by atoms with Gasteiger partial charge in [-0.15, -0.1) is 0 Å². The van der Waals surface area contributed by atoms with Crippen LogP contribution in [-0.4, -0.2) is 15.1 Å². The predicted octanol–water partition coefficient (Wildman–Crippen LogP) is 12.8. The molecule has 252 valence electrons. The molecule has 0 atom stereocenters. The second-order valence-corrected chi connectivity index (χ2v) is 15.8. The zero-order valence-corrected chi connectivity index (χ0v) is 30.3. The van der Waals surface area contributed by atoms with E-state index >= 15 is 0 Å². The van der Waals surface area contributed by atoms with E-state index in [1.165, 1.54) is 27.3 Å². The van der Waals surface area contributed by atoms with Gasteiger partial charge in [-0.1, -0.05) is 108 Å². The van der Waals surface area contributed by atoms with E-state index in [4.69, 9.17) is 14.4 Å². The molecular weight excluding hydrogens is 625 g/mol. The first-order valence-electron chi connectivity index (χ1n) is 17.6. The van der Waals surface area contributed by atoms with Crippen molar-refractivity contribution in [3.8, 4) is 50.6 Å². The molecule has 0 saturated heterocycles. The maximum Gasteiger partial charge on any atom is 0.231 e. The number of fused-ring (bicyclic) bond motifs is 3. The molecule has 8 aromatic rings. The highest BCUT2D eigenvalue weighted by atomic mass is 16.3. The monoisotopic (exact) mass is 666 g/mol. The van der Waals surface area contributed by atoms with Gasteiger partial charge < -0.3 is 9.52 Å². The molecule has 0 saturated carbocycles. The third kappa shape index (κ3) is 5.85. The molecule has 8 rings (SSSR count). The minimum absolute atomic E-state index is 0.0206. The van der Waals surface area contributed by atoms with E-state index in [0.717, 1.165) is 50.0 Å². The number of hydrogen-bond acceptors (Lipinski definition) is 4. The summed E-state index contributed by atoms with van der Waals surface area (Å²) >= 11 is 0. The van der Waals surface area contributed by atoms with Gasteiger partial charge in [-0.05, 0) is 116 Å². The number of phenolic OH excluding ortho intramolecular Hbond substituents is 1. The topological polar surface area (TPSA) is 59.2 Å². The molecule has 2 heterocycles. The lowest BCUT2D eigenvalue weighted by atomic mass is 9.83. The fraction of sp³-hybridized carbons (Fsp3) is 0.191. The molecule has 0 radical (unpaired) electrons. The summed E-state index contributed by atoms with van der Waals surface area (Å²) in [5.74, 6) is 0.533. The van der Waals surface area contributed by atoms with Gasteiger partial charge in [-0.25, -0.2) is 4.98 Å². The SMILES string of the molecule is Cc1cc(-c2cccc(-c3cc(-c4cccc5ccccc45)cc4oc(-c5cc(C(C)(C)C)ccc5O)nc34)c2)c2nccc(C(C)(C)C)c2c1. The van der Waals surface area contributed by atoms with Gasteiger partial charge >= 0.3 is 0 Å². The van der Waals surface area contributed by atoms with Gasteiger partial charge in [0.05, 0.1) is 11.1 Å². The number of aryl methyl sites for hydroxylation is 1. The Balaban J connectivity index is 1.37. The first kappa shape index (κ1) is 32.5. The highest BCUT2D eigenvalue weighted by Crippen LogP contribution is 2.42. The first-order chi connectivity index (χ1) is 24.3. The molecule has 1 N–H and O–H groups in total. The Kier molecular flexibility index (Phi) is 7.61. The van der Waals surface area contributed by atoms with Gasteiger partial charge in [-0.2, -0.15) is 0 Å². The number of oxazole rings is 1. The van der Waals surface area contributed by atoms with E-state index < -0.39 is 0 Å². The van der Waals surface area contributed by atoms with Crippen LogP contribution >= 0.6 is 0 Å². The Hall–Kier alpha value is -5.74. The average molecular weight is 667 g/mol. The average Bonchev–Trinajstić information content (AvgIpc) is 3.54. The van der Waals surface area contributed by atoms with Crippen LogP contribution in [0.25, 0.3) is 77.6 Å². The number of phenols is 1. The molecule has 51 heavy (non-hydrogen) atoms. The Morgan fingerprint density at radius 3 is 2.06 bits per heavy atom. The lowest BCUT2D eigenvalue weighted by Crippen LogP contribution is -2.12. The van der Waals surface area contributed by atoms with Crippen molar-refractivity contribution >= 4 is 32.8 Å². The van der Waals surface area contributed by atoms with Gasteiger partial charge in [0.15, 0.2) is 5.58 Å². The van der Waals surface area contributed by atoms with Crippen molar-refractivity contribution in [2.24, 2.45) is 0 Å². The van der Waals surface area contributed by atoms with E-state index in [1.807, 2.05) is 18.3 Å². The van der Waals surface area contributed by atoms with Crippen LogP contribution in [0.5, 0.6) is 5.75 Å². The molecule has 4 heteroatoms. The van der Waals surface area contributed by atoms with E-state index in [-0.39, 0.29) is 16.6 Å². The smallest absolute Gasteiger partial charge is 0.231 e. The molecule has 0 unspecified atom stereocenters.